The third-order valence-electron chi connectivity index (χ3n) is 3.98. The van der Waals surface area contributed by atoms with E-state index >= 15 is 0 Å². The summed E-state index contributed by atoms with van der Waals surface area (Å²) in [6, 6.07) is -0.354. The third-order valence-corrected chi connectivity index (χ3v) is 5.72. The van der Waals surface area contributed by atoms with Gasteiger partial charge in [0.2, 0.25) is 5.91 Å². The second-order valence-corrected chi connectivity index (χ2v) is 7.39. The molecule has 2 fully saturated rings. The van der Waals surface area contributed by atoms with Crippen molar-refractivity contribution in [3.05, 3.63) is 0 Å². The molecule has 2 aliphatic heterocycles. The number of carbonyl (C=O) groups excluding carboxylic acids is 1. The van der Waals surface area contributed by atoms with Crippen molar-refractivity contribution in [1.82, 2.24) is 10.2 Å². The first kappa shape index (κ1) is 13.8. The van der Waals surface area contributed by atoms with Crippen LogP contribution in [0.1, 0.15) is 12.8 Å². The van der Waals surface area contributed by atoms with Crippen LogP contribution in [0.15, 0.2) is 0 Å². The SMILES string of the molecule is CNC(=O)C1CCN(C2CS(=O)(=O)CC2N)CC1. The Hall–Kier alpha value is -0.660. The Morgan fingerprint density at radius 1 is 1.28 bits per heavy atom. The minimum atomic E-state index is -2.97. The summed E-state index contributed by atoms with van der Waals surface area (Å²) in [5, 5.41) is 2.66. The number of nitrogens with one attached hydrogen (secondary N) is 1. The number of nitrogens with zero attached hydrogens (tertiary/aromatic N) is 1. The van der Waals surface area contributed by atoms with Gasteiger partial charge < -0.3 is 11.1 Å². The fourth-order valence-electron chi connectivity index (χ4n) is 2.93. The fourth-order valence-corrected chi connectivity index (χ4v) is 4.85. The highest BCUT2D eigenvalue weighted by atomic mass is 32.2. The predicted octanol–water partition coefficient (Wildman–Crippen LogP) is -1.43. The quantitative estimate of drug-likeness (QED) is 0.644. The molecule has 18 heavy (non-hydrogen) atoms. The van der Waals surface area contributed by atoms with Gasteiger partial charge in [-0.05, 0) is 25.9 Å². The van der Waals surface area contributed by atoms with Crippen molar-refractivity contribution in [2.24, 2.45) is 11.7 Å². The summed E-state index contributed by atoms with van der Waals surface area (Å²) >= 11 is 0. The molecule has 1 amide bonds. The monoisotopic (exact) mass is 275 g/mol. The molecule has 0 aromatic carbocycles. The molecule has 2 aliphatic rings. The Morgan fingerprint density at radius 2 is 1.89 bits per heavy atom. The molecule has 3 N–H and O–H groups in total. The van der Waals surface area contributed by atoms with E-state index in [0.717, 1.165) is 25.9 Å². The summed E-state index contributed by atoms with van der Waals surface area (Å²) in [4.78, 5) is 13.6. The minimum absolute atomic E-state index is 0.0560. The molecule has 104 valence electrons. The molecule has 0 aromatic heterocycles. The summed E-state index contributed by atoms with van der Waals surface area (Å²) in [7, 11) is -1.33. The van der Waals surface area contributed by atoms with Crippen LogP contribution >= 0.6 is 0 Å². The van der Waals surface area contributed by atoms with Crippen molar-refractivity contribution in [2.75, 3.05) is 31.6 Å². The van der Waals surface area contributed by atoms with E-state index in [4.69, 9.17) is 5.73 Å². The van der Waals surface area contributed by atoms with Gasteiger partial charge in [0.25, 0.3) is 0 Å². The van der Waals surface area contributed by atoms with Crippen molar-refractivity contribution in [2.45, 2.75) is 24.9 Å². The molecule has 2 atom stereocenters. The van der Waals surface area contributed by atoms with Crippen LogP contribution in [0.4, 0.5) is 0 Å². The van der Waals surface area contributed by atoms with Crippen LogP contribution in [0.25, 0.3) is 0 Å². The zero-order valence-electron chi connectivity index (χ0n) is 10.6. The molecular formula is C11H21N3O3S. The lowest BCUT2D eigenvalue weighted by Crippen LogP contribution is -2.51. The Kier molecular flexibility index (Phi) is 3.93. The van der Waals surface area contributed by atoms with E-state index in [1.54, 1.807) is 7.05 Å². The molecular weight excluding hydrogens is 254 g/mol. The first-order chi connectivity index (χ1) is 8.43. The Labute approximate surface area is 108 Å². The van der Waals surface area contributed by atoms with Gasteiger partial charge in [-0.2, -0.15) is 0 Å². The van der Waals surface area contributed by atoms with Crippen molar-refractivity contribution >= 4 is 15.7 Å². The molecule has 2 saturated heterocycles. The molecule has 2 heterocycles. The number of rotatable bonds is 2. The van der Waals surface area contributed by atoms with Gasteiger partial charge in [0, 0.05) is 25.0 Å². The van der Waals surface area contributed by atoms with Crippen LogP contribution in [-0.4, -0.2) is 63.0 Å². The van der Waals surface area contributed by atoms with Gasteiger partial charge in [-0.15, -0.1) is 0 Å². The number of likely N-dealkylation sites (tertiary alicyclic amines) is 1. The van der Waals surface area contributed by atoms with E-state index in [2.05, 4.69) is 10.2 Å². The second kappa shape index (κ2) is 5.14. The lowest BCUT2D eigenvalue weighted by molar-refractivity contribution is -0.126. The van der Waals surface area contributed by atoms with Gasteiger partial charge >= 0.3 is 0 Å². The molecule has 2 unspecified atom stereocenters. The summed E-state index contributed by atoms with van der Waals surface area (Å²) < 4.78 is 23.1. The largest absolute Gasteiger partial charge is 0.359 e. The first-order valence-electron chi connectivity index (χ1n) is 6.34. The Morgan fingerprint density at radius 3 is 2.33 bits per heavy atom. The number of amides is 1. The summed E-state index contributed by atoms with van der Waals surface area (Å²) in [6.45, 7) is 1.51. The highest BCUT2D eigenvalue weighted by Gasteiger charge is 2.40. The van der Waals surface area contributed by atoms with Crippen LogP contribution in [0.5, 0.6) is 0 Å². The maximum absolute atomic E-state index is 11.5. The zero-order valence-corrected chi connectivity index (χ0v) is 11.4. The van der Waals surface area contributed by atoms with Crippen molar-refractivity contribution in [1.29, 1.82) is 0 Å². The highest BCUT2D eigenvalue weighted by molar-refractivity contribution is 7.91. The van der Waals surface area contributed by atoms with Crippen LogP contribution in [0.3, 0.4) is 0 Å². The van der Waals surface area contributed by atoms with Crippen molar-refractivity contribution in [3.63, 3.8) is 0 Å². The van der Waals surface area contributed by atoms with Crippen LogP contribution < -0.4 is 11.1 Å². The van der Waals surface area contributed by atoms with E-state index < -0.39 is 9.84 Å². The average molecular weight is 275 g/mol. The maximum Gasteiger partial charge on any atom is 0.222 e. The van der Waals surface area contributed by atoms with E-state index in [1.807, 2.05) is 0 Å². The number of nitrogens with two attached hydrogens (primary N) is 1. The molecule has 6 nitrogen and oxygen atoms in total. The Balaban J connectivity index is 1.92. The molecule has 0 radical (unpaired) electrons. The van der Waals surface area contributed by atoms with Gasteiger partial charge in [0.15, 0.2) is 9.84 Å². The lowest BCUT2D eigenvalue weighted by Gasteiger charge is -2.36. The standard InChI is InChI=1S/C11H21N3O3S/c1-13-11(15)8-2-4-14(5-3-8)10-7-18(16,17)6-9(10)12/h8-10H,2-7,12H2,1H3,(H,13,15). The smallest absolute Gasteiger partial charge is 0.222 e. The zero-order chi connectivity index (χ0) is 13.3. The van der Waals surface area contributed by atoms with E-state index in [-0.39, 0.29) is 35.4 Å². The van der Waals surface area contributed by atoms with Crippen LogP contribution in [0, 0.1) is 5.92 Å². The van der Waals surface area contributed by atoms with E-state index in [0.29, 0.717) is 0 Å². The van der Waals surface area contributed by atoms with Crippen LogP contribution in [0.2, 0.25) is 0 Å². The van der Waals surface area contributed by atoms with Gasteiger partial charge in [0.1, 0.15) is 0 Å². The molecule has 2 rings (SSSR count). The van der Waals surface area contributed by atoms with Crippen molar-refractivity contribution < 1.29 is 13.2 Å². The topological polar surface area (TPSA) is 92.5 Å². The summed E-state index contributed by atoms with van der Waals surface area (Å²) in [5.74, 6) is 0.393. The molecule has 0 saturated carbocycles. The molecule has 0 aromatic rings. The third kappa shape index (κ3) is 2.84. The molecule has 0 spiro atoms. The number of sulfone groups is 1. The first-order valence-corrected chi connectivity index (χ1v) is 8.17. The normalized spacial score (nSPS) is 33.4. The van der Waals surface area contributed by atoms with Crippen molar-refractivity contribution in [3.8, 4) is 0 Å². The molecule has 0 aliphatic carbocycles. The molecule has 0 bridgehead atoms. The summed E-state index contributed by atoms with van der Waals surface area (Å²) in [5.41, 5.74) is 5.91. The minimum Gasteiger partial charge on any atom is -0.359 e. The number of piperidine rings is 1. The number of hydrogen-bond donors (Lipinski definition) is 2. The fraction of sp³-hybridized carbons (Fsp3) is 0.909. The van der Waals surface area contributed by atoms with Gasteiger partial charge in [0.05, 0.1) is 11.5 Å². The summed E-state index contributed by atoms with van der Waals surface area (Å²) in [6.07, 6.45) is 1.56. The van der Waals surface area contributed by atoms with Crippen LogP contribution in [-0.2, 0) is 14.6 Å². The second-order valence-electron chi connectivity index (χ2n) is 5.23. The maximum atomic E-state index is 11.5. The number of hydrogen-bond acceptors (Lipinski definition) is 5. The van der Waals surface area contributed by atoms with E-state index in [1.165, 1.54) is 0 Å². The average Bonchev–Trinajstić information content (AvgIpc) is 2.62. The predicted molar refractivity (Wildman–Crippen MR) is 68.8 cm³/mol. The van der Waals surface area contributed by atoms with E-state index in [9.17, 15) is 13.2 Å². The Bertz CT molecular complexity index is 415. The molecule has 7 heteroatoms. The number of carbonyl (C=O) groups is 1. The van der Waals surface area contributed by atoms with Gasteiger partial charge in [-0.3, -0.25) is 9.69 Å². The van der Waals surface area contributed by atoms with Gasteiger partial charge in [-0.25, -0.2) is 8.42 Å². The highest BCUT2D eigenvalue weighted by Crippen LogP contribution is 2.24. The van der Waals surface area contributed by atoms with Gasteiger partial charge in [-0.1, -0.05) is 0 Å². The lowest BCUT2D eigenvalue weighted by atomic mass is 9.94.